The van der Waals surface area contributed by atoms with Crippen LogP contribution in [0.25, 0.3) is 0 Å². The summed E-state index contributed by atoms with van der Waals surface area (Å²) in [5.74, 6) is 0. The lowest BCUT2D eigenvalue weighted by molar-refractivity contribution is 0.205. The van der Waals surface area contributed by atoms with Crippen molar-refractivity contribution in [1.29, 1.82) is 0 Å². The van der Waals surface area contributed by atoms with Crippen LogP contribution in [0.5, 0.6) is 0 Å². The highest BCUT2D eigenvalue weighted by Crippen LogP contribution is 2.50. The third kappa shape index (κ3) is 3.57. The molecule has 0 aliphatic carbocycles. The summed E-state index contributed by atoms with van der Waals surface area (Å²) in [5.41, 5.74) is -0.0914. The van der Waals surface area contributed by atoms with Gasteiger partial charge in [0.1, 0.15) is 0 Å². The number of anilines is 2. The van der Waals surface area contributed by atoms with Gasteiger partial charge in [0.05, 0.1) is 41.5 Å². The second-order valence-corrected chi connectivity index (χ2v) is 6.87. The summed E-state index contributed by atoms with van der Waals surface area (Å²) in [7, 11) is 0. The van der Waals surface area contributed by atoms with Crippen molar-refractivity contribution >= 4 is 98.7 Å². The van der Waals surface area contributed by atoms with E-state index in [0.717, 1.165) is 4.90 Å². The first-order valence-electron chi connectivity index (χ1n) is 5.66. The fraction of sp³-hybridized carbons (Fsp3) is 0. The second-order valence-electron chi connectivity index (χ2n) is 4.13. The molecular formula is C13H4Cl7NO2. The lowest BCUT2D eigenvalue weighted by Gasteiger charge is -2.24. The molecule has 0 radical (unpaired) electrons. The van der Waals surface area contributed by atoms with E-state index in [4.69, 9.17) is 81.2 Å². The van der Waals surface area contributed by atoms with Crippen LogP contribution in [0.15, 0.2) is 18.2 Å². The smallest absolute Gasteiger partial charge is 0.416 e. The van der Waals surface area contributed by atoms with Gasteiger partial charge in [-0.3, -0.25) is 0 Å². The van der Waals surface area contributed by atoms with Crippen LogP contribution in [0.1, 0.15) is 0 Å². The normalized spacial score (nSPS) is 10.7. The molecule has 2 rings (SSSR count). The van der Waals surface area contributed by atoms with Gasteiger partial charge >= 0.3 is 6.09 Å². The minimum atomic E-state index is -1.41. The molecule has 0 spiro atoms. The van der Waals surface area contributed by atoms with Crippen molar-refractivity contribution in [1.82, 2.24) is 0 Å². The van der Waals surface area contributed by atoms with E-state index in [1.165, 1.54) is 18.2 Å². The van der Waals surface area contributed by atoms with E-state index in [1.54, 1.807) is 0 Å². The van der Waals surface area contributed by atoms with Crippen LogP contribution in [0.2, 0.25) is 35.2 Å². The molecule has 122 valence electrons. The van der Waals surface area contributed by atoms with Gasteiger partial charge < -0.3 is 5.11 Å². The zero-order valence-corrected chi connectivity index (χ0v) is 16.0. The maximum Gasteiger partial charge on any atom is 0.416 e. The van der Waals surface area contributed by atoms with Crippen LogP contribution in [-0.2, 0) is 0 Å². The third-order valence-electron chi connectivity index (χ3n) is 2.75. The third-order valence-corrected chi connectivity index (χ3v) is 5.55. The van der Waals surface area contributed by atoms with Crippen molar-refractivity contribution in [3.05, 3.63) is 53.4 Å². The number of benzene rings is 2. The molecule has 0 unspecified atom stereocenters. The maximum absolute atomic E-state index is 11.7. The van der Waals surface area contributed by atoms with Crippen LogP contribution in [0.4, 0.5) is 16.2 Å². The topological polar surface area (TPSA) is 40.5 Å². The van der Waals surface area contributed by atoms with E-state index >= 15 is 0 Å². The molecule has 0 aliphatic heterocycles. The van der Waals surface area contributed by atoms with Gasteiger partial charge in [-0.25, -0.2) is 9.69 Å². The van der Waals surface area contributed by atoms with Crippen molar-refractivity contribution in [3.8, 4) is 0 Å². The van der Waals surface area contributed by atoms with Crippen LogP contribution in [-0.4, -0.2) is 11.2 Å². The molecule has 1 amide bonds. The van der Waals surface area contributed by atoms with Crippen LogP contribution in [0, 0.1) is 0 Å². The molecular weight excluding hydrogens is 450 g/mol. The SMILES string of the molecule is O=C(O)N(c1ccc(Cl)cc1Cl)c1c(Cl)c(Cl)c(Cl)c(Cl)c1Cl. The molecule has 0 aliphatic rings. The Bertz CT molecular complexity index is 780. The molecule has 0 saturated carbocycles. The van der Waals surface area contributed by atoms with Crippen molar-refractivity contribution in [2.24, 2.45) is 0 Å². The first-order valence-corrected chi connectivity index (χ1v) is 8.31. The van der Waals surface area contributed by atoms with Gasteiger partial charge in [-0.05, 0) is 18.2 Å². The summed E-state index contributed by atoms with van der Waals surface area (Å²) in [5, 5.41) is 9.26. The van der Waals surface area contributed by atoms with E-state index in [0.29, 0.717) is 5.02 Å². The van der Waals surface area contributed by atoms with E-state index in [2.05, 4.69) is 0 Å². The molecule has 3 nitrogen and oxygen atoms in total. The fourth-order valence-electron chi connectivity index (χ4n) is 1.77. The highest BCUT2D eigenvalue weighted by Gasteiger charge is 2.29. The number of rotatable bonds is 2. The number of halogens is 7. The lowest BCUT2D eigenvalue weighted by Crippen LogP contribution is -2.25. The summed E-state index contributed by atoms with van der Waals surface area (Å²) < 4.78 is 0. The van der Waals surface area contributed by atoms with Gasteiger partial charge in [0.2, 0.25) is 0 Å². The number of hydrogen-bond acceptors (Lipinski definition) is 1. The zero-order valence-electron chi connectivity index (χ0n) is 10.7. The van der Waals surface area contributed by atoms with Crippen molar-refractivity contribution < 1.29 is 9.90 Å². The summed E-state index contributed by atoms with van der Waals surface area (Å²) in [6, 6.07) is 4.22. The molecule has 1 N–H and O–H groups in total. The average molecular weight is 454 g/mol. The second kappa shape index (κ2) is 7.32. The largest absolute Gasteiger partial charge is 0.464 e. The van der Waals surface area contributed by atoms with Crippen molar-refractivity contribution in [2.75, 3.05) is 4.90 Å². The summed E-state index contributed by atoms with van der Waals surface area (Å²) in [6.45, 7) is 0. The molecule has 2 aromatic rings. The molecule has 0 bridgehead atoms. The summed E-state index contributed by atoms with van der Waals surface area (Å²) in [6.07, 6.45) is -1.41. The fourth-order valence-corrected chi connectivity index (χ4v) is 3.56. The molecule has 0 aromatic heterocycles. The molecule has 0 heterocycles. The van der Waals surface area contributed by atoms with E-state index in [9.17, 15) is 9.90 Å². The Labute approximate surface area is 166 Å². The Kier molecular flexibility index (Phi) is 6.07. The molecule has 23 heavy (non-hydrogen) atoms. The summed E-state index contributed by atoms with van der Waals surface area (Å²) in [4.78, 5) is 12.5. The first kappa shape index (κ1) is 19.1. The average Bonchev–Trinajstić information content (AvgIpc) is 2.48. The lowest BCUT2D eigenvalue weighted by atomic mass is 10.2. The number of amides is 1. The molecule has 10 heteroatoms. The number of carboxylic acid groups (broad SMARTS) is 1. The predicted molar refractivity (Wildman–Crippen MR) is 98.1 cm³/mol. The Balaban J connectivity index is 2.81. The van der Waals surface area contributed by atoms with Gasteiger partial charge in [0, 0.05) is 5.02 Å². The Morgan fingerprint density at radius 3 is 1.74 bits per heavy atom. The maximum atomic E-state index is 11.7. The van der Waals surface area contributed by atoms with Crippen molar-refractivity contribution in [3.63, 3.8) is 0 Å². The minimum absolute atomic E-state index is 0.0641. The highest BCUT2D eigenvalue weighted by molar-refractivity contribution is 6.57. The van der Waals surface area contributed by atoms with Gasteiger partial charge in [-0.2, -0.15) is 0 Å². The Morgan fingerprint density at radius 2 is 1.30 bits per heavy atom. The minimum Gasteiger partial charge on any atom is -0.464 e. The van der Waals surface area contributed by atoms with Gasteiger partial charge in [-0.15, -0.1) is 0 Å². The zero-order chi connectivity index (χ0) is 17.5. The van der Waals surface area contributed by atoms with Crippen LogP contribution >= 0.6 is 81.2 Å². The molecule has 0 atom stereocenters. The summed E-state index contributed by atoms with van der Waals surface area (Å²) >= 11 is 42.0. The van der Waals surface area contributed by atoms with Gasteiger partial charge in [-0.1, -0.05) is 81.2 Å². The predicted octanol–water partition coefficient (Wildman–Crippen LogP) is 8.08. The van der Waals surface area contributed by atoms with Crippen LogP contribution in [0.3, 0.4) is 0 Å². The number of carbonyl (C=O) groups is 1. The Hall–Kier alpha value is -0.260. The highest BCUT2D eigenvalue weighted by atomic mass is 35.5. The van der Waals surface area contributed by atoms with E-state index < -0.39 is 6.09 Å². The molecule has 0 saturated heterocycles. The Morgan fingerprint density at radius 1 is 0.826 bits per heavy atom. The molecule has 0 fully saturated rings. The monoisotopic (exact) mass is 451 g/mol. The van der Waals surface area contributed by atoms with E-state index in [-0.39, 0.29) is 41.5 Å². The van der Waals surface area contributed by atoms with Gasteiger partial charge in [0.15, 0.2) is 0 Å². The molecule has 2 aromatic carbocycles. The van der Waals surface area contributed by atoms with Gasteiger partial charge in [0.25, 0.3) is 0 Å². The van der Waals surface area contributed by atoms with E-state index in [1.807, 2.05) is 0 Å². The standard InChI is InChI=1S/C13H4Cl7NO2/c14-4-1-2-6(5(15)3-4)21(13(22)23)12-10(19)8(17)7(16)9(18)11(12)20/h1-3H,(H,22,23). The van der Waals surface area contributed by atoms with Crippen LogP contribution < -0.4 is 4.90 Å². The first-order chi connectivity index (χ1) is 10.7. The quantitative estimate of drug-likeness (QED) is 0.368. The number of hydrogen-bond donors (Lipinski definition) is 1. The number of nitrogens with zero attached hydrogens (tertiary/aromatic N) is 1. The van der Waals surface area contributed by atoms with Crippen molar-refractivity contribution in [2.45, 2.75) is 0 Å².